The number of benzene rings is 2. The van der Waals surface area contributed by atoms with E-state index in [1.54, 1.807) is 24.3 Å². The molecule has 0 bridgehead atoms. The van der Waals surface area contributed by atoms with E-state index in [1.807, 2.05) is 6.92 Å². The van der Waals surface area contributed by atoms with Crippen molar-refractivity contribution in [2.24, 2.45) is 0 Å². The number of rotatable bonds is 8. The minimum Gasteiger partial charge on any atom is -0.508 e. The third-order valence-corrected chi connectivity index (χ3v) is 5.41. The van der Waals surface area contributed by atoms with Crippen LogP contribution in [0, 0.1) is 0 Å². The van der Waals surface area contributed by atoms with Crippen LogP contribution in [0.5, 0.6) is 5.75 Å². The van der Waals surface area contributed by atoms with Crippen molar-refractivity contribution in [2.45, 2.75) is 58.0 Å². The Morgan fingerprint density at radius 1 is 0.853 bits per heavy atom. The van der Waals surface area contributed by atoms with Crippen LogP contribution in [0.1, 0.15) is 47.7 Å². The van der Waals surface area contributed by atoms with Crippen LogP contribution in [0.4, 0.5) is 26.3 Å². The molecule has 0 radical (unpaired) electrons. The third-order valence-electron chi connectivity index (χ3n) is 5.41. The van der Waals surface area contributed by atoms with Gasteiger partial charge in [-0.1, -0.05) is 19.1 Å². The highest BCUT2D eigenvalue weighted by molar-refractivity contribution is 5.34. The van der Waals surface area contributed by atoms with Gasteiger partial charge < -0.3 is 5.11 Å². The first-order valence-electron chi connectivity index (χ1n) is 10.7. The summed E-state index contributed by atoms with van der Waals surface area (Å²) in [5.41, 5.74) is -1.90. The van der Waals surface area contributed by atoms with Gasteiger partial charge in [0.25, 0.3) is 0 Å². The molecule has 0 aliphatic rings. The molecule has 0 aliphatic heterocycles. The van der Waals surface area contributed by atoms with E-state index in [2.05, 4.69) is 0 Å². The number of alkyl halides is 6. The number of aryl methyl sites for hydroxylation is 2. The number of nitrogens with zero attached hydrogens (tertiary/aromatic N) is 2. The number of halogens is 6. The van der Waals surface area contributed by atoms with Gasteiger partial charge in [-0.15, -0.1) is 0 Å². The van der Waals surface area contributed by atoms with Crippen molar-refractivity contribution in [1.82, 2.24) is 9.13 Å². The van der Waals surface area contributed by atoms with Crippen LogP contribution in [-0.2, 0) is 38.3 Å². The lowest BCUT2D eigenvalue weighted by Crippen LogP contribution is -2.25. The summed E-state index contributed by atoms with van der Waals surface area (Å²) in [4.78, 5) is 12.9. The zero-order valence-electron chi connectivity index (χ0n) is 18.4. The summed E-state index contributed by atoms with van der Waals surface area (Å²) in [5.74, 6) is 0.154. The molecule has 0 fully saturated rings. The number of aromatic nitrogens is 2. The highest BCUT2D eigenvalue weighted by Gasteiger charge is 2.37. The first-order valence-corrected chi connectivity index (χ1v) is 10.7. The molecule has 34 heavy (non-hydrogen) atoms. The zero-order valence-corrected chi connectivity index (χ0v) is 18.4. The third kappa shape index (κ3) is 6.24. The number of imidazole rings is 1. The normalized spacial score (nSPS) is 12.3. The van der Waals surface area contributed by atoms with Gasteiger partial charge in [0.2, 0.25) is 0 Å². The Balaban J connectivity index is 1.87. The van der Waals surface area contributed by atoms with E-state index in [0.717, 1.165) is 10.1 Å². The van der Waals surface area contributed by atoms with Crippen LogP contribution in [0.3, 0.4) is 0 Å². The standard InChI is InChI=1S/C24H24F6N2O2/c1-2-10-32-20(5-3-4-16-6-8-21(33)9-7-16)15-31(22(32)34)14-17-11-18(23(25,26)27)13-19(12-17)24(28,29)30/h6-9,11-13,15,33H,2-5,10,14H2,1H3. The van der Waals surface area contributed by atoms with Crippen molar-refractivity contribution in [3.05, 3.63) is 87.1 Å². The molecule has 3 aromatic rings. The predicted molar refractivity (Wildman–Crippen MR) is 115 cm³/mol. The molecule has 0 saturated heterocycles. The van der Waals surface area contributed by atoms with Crippen LogP contribution in [-0.4, -0.2) is 14.2 Å². The lowest BCUT2D eigenvalue weighted by molar-refractivity contribution is -0.143. The fourth-order valence-electron chi connectivity index (χ4n) is 3.80. The maximum atomic E-state index is 13.2. The highest BCUT2D eigenvalue weighted by Crippen LogP contribution is 2.36. The molecule has 4 nitrogen and oxygen atoms in total. The molecule has 1 heterocycles. The summed E-state index contributed by atoms with van der Waals surface area (Å²) < 4.78 is 81.7. The van der Waals surface area contributed by atoms with Crippen LogP contribution < -0.4 is 5.69 Å². The van der Waals surface area contributed by atoms with E-state index < -0.39 is 35.7 Å². The van der Waals surface area contributed by atoms with Crippen molar-refractivity contribution in [3.8, 4) is 5.75 Å². The Kier molecular flexibility index (Phi) is 7.48. The largest absolute Gasteiger partial charge is 0.508 e. The molecule has 0 spiro atoms. The molecule has 0 aliphatic carbocycles. The van der Waals surface area contributed by atoms with E-state index in [1.165, 1.54) is 10.8 Å². The van der Waals surface area contributed by atoms with Gasteiger partial charge in [0, 0.05) is 18.4 Å². The van der Waals surface area contributed by atoms with Crippen molar-refractivity contribution in [3.63, 3.8) is 0 Å². The average molecular weight is 486 g/mol. The number of hydrogen-bond donors (Lipinski definition) is 1. The number of phenols is 1. The molecule has 0 unspecified atom stereocenters. The molecule has 0 atom stereocenters. The molecule has 0 amide bonds. The smallest absolute Gasteiger partial charge is 0.416 e. The summed E-state index contributed by atoms with van der Waals surface area (Å²) in [5, 5.41) is 9.37. The van der Waals surface area contributed by atoms with Crippen molar-refractivity contribution in [1.29, 1.82) is 0 Å². The summed E-state index contributed by atoms with van der Waals surface area (Å²) in [7, 11) is 0. The molecule has 1 N–H and O–H groups in total. The van der Waals surface area contributed by atoms with Gasteiger partial charge in [-0.05, 0) is 67.1 Å². The zero-order chi connectivity index (χ0) is 25.1. The molecule has 0 saturated carbocycles. The van der Waals surface area contributed by atoms with Gasteiger partial charge in [-0.25, -0.2) is 4.79 Å². The van der Waals surface area contributed by atoms with Crippen molar-refractivity contribution in [2.75, 3.05) is 0 Å². The lowest BCUT2D eigenvalue weighted by atomic mass is 10.0. The highest BCUT2D eigenvalue weighted by atomic mass is 19.4. The van der Waals surface area contributed by atoms with Crippen molar-refractivity contribution >= 4 is 0 Å². The van der Waals surface area contributed by atoms with Gasteiger partial charge in [0.15, 0.2) is 0 Å². The maximum Gasteiger partial charge on any atom is 0.416 e. The number of aromatic hydroxyl groups is 1. The first-order chi connectivity index (χ1) is 15.9. The predicted octanol–water partition coefficient (Wildman–Crippen LogP) is 6.03. The van der Waals surface area contributed by atoms with E-state index in [4.69, 9.17) is 0 Å². The fourth-order valence-corrected chi connectivity index (χ4v) is 3.80. The topological polar surface area (TPSA) is 47.2 Å². The van der Waals surface area contributed by atoms with Crippen LogP contribution in [0.15, 0.2) is 53.5 Å². The molecular weight excluding hydrogens is 462 g/mol. The van der Waals surface area contributed by atoms with Gasteiger partial charge in [0.05, 0.1) is 17.7 Å². The molecule has 10 heteroatoms. The SMILES string of the molecule is CCCn1c(CCCc2ccc(O)cc2)cn(Cc2cc(C(F)(F)F)cc(C(F)(F)F)c2)c1=O. The van der Waals surface area contributed by atoms with Crippen molar-refractivity contribution < 1.29 is 31.4 Å². The van der Waals surface area contributed by atoms with Gasteiger partial charge in [0.1, 0.15) is 5.75 Å². The molecule has 2 aromatic carbocycles. The Hall–Kier alpha value is -3.17. The summed E-state index contributed by atoms with van der Waals surface area (Å²) in [6.45, 7) is 1.84. The molecule has 1 aromatic heterocycles. The van der Waals surface area contributed by atoms with Crippen LogP contribution in [0.2, 0.25) is 0 Å². The van der Waals surface area contributed by atoms with E-state index >= 15 is 0 Å². The fraction of sp³-hybridized carbons (Fsp3) is 0.375. The number of hydrogen-bond acceptors (Lipinski definition) is 2. The monoisotopic (exact) mass is 486 g/mol. The first kappa shape index (κ1) is 25.5. The maximum absolute atomic E-state index is 13.2. The Morgan fingerprint density at radius 2 is 1.44 bits per heavy atom. The van der Waals surface area contributed by atoms with Gasteiger partial charge >= 0.3 is 18.0 Å². The summed E-state index contributed by atoms with van der Waals surface area (Å²) in [6, 6.07) is 8.07. The Labute approximate surface area is 192 Å². The second kappa shape index (κ2) is 9.99. The van der Waals surface area contributed by atoms with E-state index in [9.17, 15) is 36.2 Å². The average Bonchev–Trinajstić information content (AvgIpc) is 3.03. The van der Waals surface area contributed by atoms with E-state index in [0.29, 0.717) is 50.1 Å². The Bertz CT molecular complexity index is 1140. The second-order valence-electron chi connectivity index (χ2n) is 8.12. The number of phenolic OH excluding ortho intramolecular Hbond substituents is 1. The minimum absolute atomic E-state index is 0.0727. The molecule has 3 rings (SSSR count). The van der Waals surface area contributed by atoms with Crippen LogP contribution in [0.25, 0.3) is 0 Å². The summed E-state index contributed by atoms with van der Waals surface area (Å²) in [6.07, 6.45) is -5.92. The Morgan fingerprint density at radius 3 is 1.97 bits per heavy atom. The molecule has 184 valence electrons. The van der Waals surface area contributed by atoms with Gasteiger partial charge in [-0.2, -0.15) is 26.3 Å². The summed E-state index contributed by atoms with van der Waals surface area (Å²) >= 11 is 0. The van der Waals surface area contributed by atoms with Gasteiger partial charge in [-0.3, -0.25) is 9.13 Å². The minimum atomic E-state index is -4.95. The second-order valence-corrected chi connectivity index (χ2v) is 8.12. The lowest BCUT2D eigenvalue weighted by Gasteiger charge is -2.14. The molecular formula is C24H24F6N2O2. The quantitative estimate of drug-likeness (QED) is 0.396. The van der Waals surface area contributed by atoms with E-state index in [-0.39, 0.29) is 17.4 Å². The van der Waals surface area contributed by atoms with Crippen LogP contribution >= 0.6 is 0 Å².